The highest BCUT2D eigenvalue weighted by Gasteiger charge is 2.35. The lowest BCUT2D eigenvalue weighted by molar-refractivity contribution is 0.0390. The van der Waals surface area contributed by atoms with Gasteiger partial charge in [-0.15, -0.1) is 11.3 Å². The summed E-state index contributed by atoms with van der Waals surface area (Å²) in [6.07, 6.45) is 7.33. The van der Waals surface area contributed by atoms with E-state index in [9.17, 15) is 9.59 Å². The molecule has 1 saturated carbocycles. The van der Waals surface area contributed by atoms with Gasteiger partial charge in [-0.3, -0.25) is 9.59 Å². The molecule has 2 atom stereocenters. The van der Waals surface area contributed by atoms with Crippen molar-refractivity contribution in [3.63, 3.8) is 0 Å². The Morgan fingerprint density at radius 1 is 1.00 bits per heavy atom. The topological polar surface area (TPSA) is 49.4 Å². The van der Waals surface area contributed by atoms with Crippen molar-refractivity contribution in [2.75, 3.05) is 11.9 Å². The van der Waals surface area contributed by atoms with E-state index in [0.717, 1.165) is 19.4 Å². The third-order valence-corrected chi connectivity index (χ3v) is 6.51. The quantitative estimate of drug-likeness (QED) is 0.846. The fourth-order valence-electron chi connectivity index (χ4n) is 4.34. The Kier molecular flexibility index (Phi) is 5.07. The van der Waals surface area contributed by atoms with Gasteiger partial charge in [0.2, 0.25) is 0 Å². The predicted octanol–water partition coefficient (Wildman–Crippen LogP) is 4.80. The summed E-state index contributed by atoms with van der Waals surface area (Å²) in [5.41, 5.74) is 1.43. The maximum atomic E-state index is 13.0. The van der Waals surface area contributed by atoms with Crippen LogP contribution in [0.1, 0.15) is 58.6 Å². The number of nitrogens with one attached hydrogen (secondary N) is 1. The zero-order valence-corrected chi connectivity index (χ0v) is 15.6. The van der Waals surface area contributed by atoms with Crippen molar-refractivity contribution < 1.29 is 9.59 Å². The maximum absolute atomic E-state index is 13.0. The SMILES string of the molecule is O=C(Nc1ccc(C(=O)N2CCC[C@@H]3CCCC[C@@H]32)cc1)c1cccs1. The fourth-order valence-corrected chi connectivity index (χ4v) is 4.96. The number of carbonyl (C=O) groups is 2. The number of fused-ring (bicyclic) bond motifs is 1. The van der Waals surface area contributed by atoms with E-state index in [4.69, 9.17) is 0 Å². The molecule has 136 valence electrons. The zero-order chi connectivity index (χ0) is 17.9. The molecule has 1 aromatic carbocycles. The monoisotopic (exact) mass is 368 g/mol. The largest absolute Gasteiger partial charge is 0.335 e. The number of amides is 2. The second-order valence-electron chi connectivity index (χ2n) is 7.26. The first-order valence-corrected chi connectivity index (χ1v) is 10.4. The van der Waals surface area contributed by atoms with Crippen LogP contribution in [0.4, 0.5) is 5.69 Å². The van der Waals surface area contributed by atoms with Gasteiger partial charge in [-0.05, 0) is 67.3 Å². The summed E-state index contributed by atoms with van der Waals surface area (Å²) in [4.78, 5) is 27.9. The molecule has 0 radical (unpaired) electrons. The molecule has 4 rings (SSSR count). The smallest absolute Gasteiger partial charge is 0.265 e. The van der Waals surface area contributed by atoms with E-state index in [-0.39, 0.29) is 11.8 Å². The molecule has 26 heavy (non-hydrogen) atoms. The maximum Gasteiger partial charge on any atom is 0.265 e. The average molecular weight is 369 g/mol. The van der Waals surface area contributed by atoms with Crippen LogP contribution in [0.2, 0.25) is 0 Å². The van der Waals surface area contributed by atoms with E-state index in [0.29, 0.717) is 28.1 Å². The van der Waals surface area contributed by atoms with Crippen LogP contribution in [0.25, 0.3) is 0 Å². The Balaban J connectivity index is 1.44. The first-order valence-electron chi connectivity index (χ1n) is 9.48. The highest BCUT2D eigenvalue weighted by atomic mass is 32.1. The molecule has 0 bridgehead atoms. The highest BCUT2D eigenvalue weighted by molar-refractivity contribution is 7.12. The molecule has 2 aromatic rings. The predicted molar refractivity (Wildman–Crippen MR) is 105 cm³/mol. The van der Waals surface area contributed by atoms with E-state index in [1.165, 1.54) is 37.0 Å². The number of benzene rings is 1. The lowest BCUT2D eigenvalue weighted by Crippen LogP contribution is -2.49. The molecule has 5 heteroatoms. The molecule has 1 aliphatic heterocycles. The summed E-state index contributed by atoms with van der Waals surface area (Å²) in [6, 6.07) is 11.4. The molecule has 1 aromatic heterocycles. The number of anilines is 1. The average Bonchev–Trinajstić information content (AvgIpc) is 3.23. The summed E-state index contributed by atoms with van der Waals surface area (Å²) >= 11 is 1.41. The Morgan fingerprint density at radius 3 is 2.54 bits per heavy atom. The summed E-state index contributed by atoms with van der Waals surface area (Å²) in [7, 11) is 0. The van der Waals surface area contributed by atoms with Gasteiger partial charge >= 0.3 is 0 Å². The van der Waals surface area contributed by atoms with Gasteiger partial charge in [0.1, 0.15) is 0 Å². The molecule has 0 unspecified atom stereocenters. The van der Waals surface area contributed by atoms with Crippen molar-refractivity contribution in [2.45, 2.75) is 44.6 Å². The van der Waals surface area contributed by atoms with Crippen molar-refractivity contribution in [2.24, 2.45) is 5.92 Å². The standard InChI is InChI=1S/C21H24N2O2S/c24-20(19-8-4-14-26-19)22-17-11-9-16(10-12-17)21(25)23-13-3-6-15-5-1-2-7-18(15)23/h4,8-12,14-15,18H,1-3,5-7,13H2,(H,22,24)/t15-,18-/m0/s1. The lowest BCUT2D eigenvalue weighted by atomic mass is 9.78. The van der Waals surface area contributed by atoms with Gasteiger partial charge in [-0.25, -0.2) is 0 Å². The molecule has 4 nitrogen and oxygen atoms in total. The van der Waals surface area contributed by atoms with E-state index >= 15 is 0 Å². The first kappa shape index (κ1) is 17.3. The minimum absolute atomic E-state index is 0.111. The summed E-state index contributed by atoms with van der Waals surface area (Å²) in [5.74, 6) is 0.712. The number of piperidine rings is 1. The molecular weight excluding hydrogens is 344 g/mol. The highest BCUT2D eigenvalue weighted by Crippen LogP contribution is 2.36. The minimum Gasteiger partial charge on any atom is -0.335 e. The van der Waals surface area contributed by atoms with E-state index in [1.807, 2.05) is 35.7 Å². The molecule has 1 saturated heterocycles. The minimum atomic E-state index is -0.111. The van der Waals surface area contributed by atoms with Crippen LogP contribution in [-0.2, 0) is 0 Å². The van der Waals surface area contributed by atoms with Crippen molar-refractivity contribution in [1.29, 1.82) is 0 Å². The van der Waals surface area contributed by atoms with Gasteiger partial charge in [0.15, 0.2) is 0 Å². The van der Waals surface area contributed by atoms with Crippen LogP contribution in [0, 0.1) is 5.92 Å². The number of hydrogen-bond acceptors (Lipinski definition) is 3. The Bertz CT molecular complexity index is 768. The first-order chi connectivity index (χ1) is 12.7. The number of carbonyl (C=O) groups excluding carboxylic acids is 2. The van der Waals surface area contributed by atoms with Gasteiger partial charge < -0.3 is 10.2 Å². The third-order valence-electron chi connectivity index (χ3n) is 5.64. The summed E-state index contributed by atoms with van der Waals surface area (Å²) in [6.45, 7) is 0.872. The summed E-state index contributed by atoms with van der Waals surface area (Å²) < 4.78 is 0. The second-order valence-corrected chi connectivity index (χ2v) is 8.21. The third kappa shape index (κ3) is 3.54. The van der Waals surface area contributed by atoms with Crippen LogP contribution in [-0.4, -0.2) is 29.3 Å². The van der Waals surface area contributed by atoms with Crippen LogP contribution in [0.5, 0.6) is 0 Å². The normalized spacial score (nSPS) is 22.5. The zero-order valence-electron chi connectivity index (χ0n) is 14.8. The molecule has 2 heterocycles. The van der Waals surface area contributed by atoms with Crippen molar-refractivity contribution in [1.82, 2.24) is 4.90 Å². The fraction of sp³-hybridized carbons (Fsp3) is 0.429. The van der Waals surface area contributed by atoms with Crippen LogP contribution < -0.4 is 5.32 Å². The molecule has 2 amide bonds. The molecule has 2 fully saturated rings. The van der Waals surface area contributed by atoms with Gasteiger partial charge in [0, 0.05) is 23.8 Å². The molecule has 1 N–H and O–H groups in total. The molecule has 1 aliphatic carbocycles. The molecular formula is C21H24N2O2S. The Morgan fingerprint density at radius 2 is 1.77 bits per heavy atom. The van der Waals surface area contributed by atoms with Gasteiger partial charge in [0.25, 0.3) is 11.8 Å². The van der Waals surface area contributed by atoms with Crippen molar-refractivity contribution >= 4 is 28.8 Å². The van der Waals surface area contributed by atoms with Crippen LogP contribution in [0.3, 0.4) is 0 Å². The van der Waals surface area contributed by atoms with E-state index in [2.05, 4.69) is 10.2 Å². The molecule has 2 aliphatic rings. The number of nitrogens with zero attached hydrogens (tertiary/aromatic N) is 1. The number of thiophene rings is 1. The number of rotatable bonds is 3. The number of likely N-dealkylation sites (tertiary alicyclic amines) is 1. The number of hydrogen-bond donors (Lipinski definition) is 1. The Hall–Kier alpha value is -2.14. The van der Waals surface area contributed by atoms with Gasteiger partial charge in [0.05, 0.1) is 4.88 Å². The van der Waals surface area contributed by atoms with Crippen molar-refractivity contribution in [3.8, 4) is 0 Å². The lowest BCUT2D eigenvalue weighted by Gasteiger charge is -2.44. The second kappa shape index (κ2) is 7.62. The van der Waals surface area contributed by atoms with Crippen LogP contribution >= 0.6 is 11.3 Å². The van der Waals surface area contributed by atoms with E-state index < -0.39 is 0 Å². The van der Waals surface area contributed by atoms with Gasteiger partial charge in [-0.2, -0.15) is 0 Å². The van der Waals surface area contributed by atoms with Gasteiger partial charge in [-0.1, -0.05) is 18.9 Å². The van der Waals surface area contributed by atoms with E-state index in [1.54, 1.807) is 6.07 Å². The summed E-state index contributed by atoms with van der Waals surface area (Å²) in [5, 5.41) is 4.76. The van der Waals surface area contributed by atoms with Crippen LogP contribution in [0.15, 0.2) is 41.8 Å². The molecule has 0 spiro atoms. The Labute approximate surface area is 158 Å². The van der Waals surface area contributed by atoms with Crippen molar-refractivity contribution in [3.05, 3.63) is 52.2 Å².